The summed E-state index contributed by atoms with van der Waals surface area (Å²) < 4.78 is 21.3. The molecule has 2 atom stereocenters. The molecule has 0 spiro atoms. The van der Waals surface area contributed by atoms with E-state index in [2.05, 4.69) is 42.5 Å². The van der Waals surface area contributed by atoms with E-state index in [1.807, 2.05) is 121 Å². The Labute approximate surface area is 423 Å². The third kappa shape index (κ3) is 27.3. The van der Waals surface area contributed by atoms with Gasteiger partial charge in [0.05, 0.1) is 0 Å². The smallest absolute Gasteiger partial charge is 0.408 e. The molecular weight excluding hydrogens is 921 g/mol. The van der Waals surface area contributed by atoms with Crippen LogP contribution in [0.2, 0.25) is 0 Å². The van der Waals surface area contributed by atoms with Crippen LogP contribution in [0.4, 0.5) is 19.2 Å². The van der Waals surface area contributed by atoms with Crippen LogP contribution in [0.1, 0.15) is 86.5 Å². The average Bonchev–Trinajstić information content (AvgIpc) is 3.40. The van der Waals surface area contributed by atoms with Gasteiger partial charge in [-0.15, -0.1) is 0 Å². The summed E-state index contributed by atoms with van der Waals surface area (Å²) in [6.45, 7) is 5.12. The van der Waals surface area contributed by atoms with E-state index in [1.54, 1.807) is 0 Å². The van der Waals surface area contributed by atoms with Gasteiger partial charge in [-0.2, -0.15) is 0 Å². The zero-order valence-corrected chi connectivity index (χ0v) is 41.3. The molecule has 0 saturated carbocycles. The van der Waals surface area contributed by atoms with Crippen LogP contribution in [-0.2, 0) is 55.0 Å². The number of benzene rings is 4. The Kier molecular flexibility index (Phi) is 29.3. The van der Waals surface area contributed by atoms with Crippen molar-refractivity contribution in [1.82, 2.24) is 42.5 Å². The van der Waals surface area contributed by atoms with Crippen molar-refractivity contribution in [2.75, 3.05) is 52.4 Å². The molecule has 0 unspecified atom stereocenters. The van der Waals surface area contributed by atoms with E-state index in [9.17, 15) is 28.8 Å². The number of carbonyl (C=O) groups is 6. The SMILES string of the molecule is O=C(NCCCC[C@H](NC(=O)OCc1ccccc1)C(=O)NCCCNCCCCNCCCNC(=O)[C@@H](CCCCNC(=O)OCc1ccccc1)NC(=O)OCc1ccccc1)OCc1ccccc1. The summed E-state index contributed by atoms with van der Waals surface area (Å²) in [7, 11) is 0. The second-order valence-electron chi connectivity index (χ2n) is 17.0. The van der Waals surface area contributed by atoms with Crippen LogP contribution in [0.3, 0.4) is 0 Å². The first-order valence-electron chi connectivity index (χ1n) is 25.1. The largest absolute Gasteiger partial charge is 0.445 e. The first kappa shape index (κ1) is 57.4. The molecule has 4 rings (SSSR count). The van der Waals surface area contributed by atoms with Gasteiger partial charge in [0.1, 0.15) is 38.5 Å². The van der Waals surface area contributed by atoms with Crippen LogP contribution in [0.5, 0.6) is 0 Å². The predicted octanol–water partition coefficient (Wildman–Crippen LogP) is 6.74. The molecule has 0 radical (unpaired) electrons. The molecule has 390 valence electrons. The van der Waals surface area contributed by atoms with Crippen LogP contribution < -0.4 is 42.5 Å². The average molecular weight is 995 g/mol. The lowest BCUT2D eigenvalue weighted by molar-refractivity contribution is -0.124. The van der Waals surface area contributed by atoms with Gasteiger partial charge in [0.15, 0.2) is 0 Å². The van der Waals surface area contributed by atoms with Gasteiger partial charge in [-0.25, -0.2) is 19.2 Å². The van der Waals surface area contributed by atoms with Gasteiger partial charge < -0.3 is 61.5 Å². The van der Waals surface area contributed by atoms with E-state index < -0.39 is 36.5 Å². The zero-order chi connectivity index (χ0) is 51.1. The topological polar surface area (TPSA) is 236 Å². The molecule has 72 heavy (non-hydrogen) atoms. The van der Waals surface area contributed by atoms with Crippen LogP contribution >= 0.6 is 0 Å². The van der Waals surface area contributed by atoms with Gasteiger partial charge in [0, 0.05) is 26.2 Å². The summed E-state index contributed by atoms with van der Waals surface area (Å²) in [5, 5.41) is 23.5. The quantitative estimate of drug-likeness (QED) is 0.0177. The van der Waals surface area contributed by atoms with Crippen molar-refractivity contribution < 1.29 is 47.7 Å². The number of unbranched alkanes of at least 4 members (excludes halogenated alkanes) is 3. The molecule has 0 bridgehead atoms. The van der Waals surface area contributed by atoms with Gasteiger partial charge in [-0.05, 0) is 113 Å². The summed E-state index contributed by atoms with van der Waals surface area (Å²) in [4.78, 5) is 75.9. The molecular formula is C54H74N8O10. The number of rotatable bonds is 35. The standard InChI is InChI=1S/C54H74N8O10/c63-49(47(61-53(67)71-41-45-25-9-3-10-26-45)29-13-15-35-59-51(65)69-39-43-21-5-1-6-22-43)57-37-19-33-55-31-17-18-32-56-34-20-38-58-50(64)48(62-54(68)72-42-46-27-11-4-12-28-46)30-14-16-36-60-52(66)70-40-44-23-7-2-8-24-44/h1-12,21-28,47-48,55-56H,13-20,29-42H2,(H,57,63)(H,58,64)(H,59,65)(H,60,66)(H,61,67)(H,62,68)/t47-,48+. The van der Waals surface area contributed by atoms with Crippen molar-refractivity contribution >= 4 is 36.2 Å². The third-order valence-electron chi connectivity index (χ3n) is 11.1. The van der Waals surface area contributed by atoms with Crippen LogP contribution in [0.25, 0.3) is 0 Å². The van der Waals surface area contributed by atoms with Crippen molar-refractivity contribution in [1.29, 1.82) is 0 Å². The fourth-order valence-corrected chi connectivity index (χ4v) is 7.07. The monoisotopic (exact) mass is 995 g/mol. The Balaban J connectivity index is 1.04. The van der Waals surface area contributed by atoms with Gasteiger partial charge in [-0.1, -0.05) is 121 Å². The van der Waals surface area contributed by atoms with E-state index in [0.29, 0.717) is 90.6 Å². The van der Waals surface area contributed by atoms with Crippen molar-refractivity contribution in [3.8, 4) is 0 Å². The molecule has 18 heteroatoms. The number of ether oxygens (including phenoxy) is 4. The normalized spacial score (nSPS) is 11.5. The number of alkyl carbamates (subject to hydrolysis) is 4. The minimum Gasteiger partial charge on any atom is -0.445 e. The Morgan fingerprint density at radius 3 is 0.931 bits per heavy atom. The van der Waals surface area contributed by atoms with Crippen molar-refractivity contribution in [3.05, 3.63) is 144 Å². The van der Waals surface area contributed by atoms with Gasteiger partial charge in [0.25, 0.3) is 0 Å². The van der Waals surface area contributed by atoms with Crippen LogP contribution in [0.15, 0.2) is 121 Å². The molecule has 0 aliphatic carbocycles. The third-order valence-corrected chi connectivity index (χ3v) is 11.1. The minimum absolute atomic E-state index is 0.0784. The number of carbonyl (C=O) groups excluding carboxylic acids is 6. The Bertz CT molecular complexity index is 1970. The maximum atomic E-state index is 13.2. The highest BCUT2D eigenvalue weighted by Crippen LogP contribution is 2.08. The highest BCUT2D eigenvalue weighted by molar-refractivity contribution is 5.86. The Hall–Kier alpha value is -7.18. The fourth-order valence-electron chi connectivity index (χ4n) is 7.07. The number of nitrogens with one attached hydrogen (secondary N) is 8. The summed E-state index contributed by atoms with van der Waals surface area (Å²) in [5.41, 5.74) is 3.44. The molecule has 0 aliphatic rings. The van der Waals surface area contributed by atoms with Crippen molar-refractivity contribution in [2.45, 2.75) is 103 Å². The first-order chi connectivity index (χ1) is 35.2. The summed E-state index contributed by atoms with van der Waals surface area (Å²) >= 11 is 0. The Morgan fingerprint density at radius 1 is 0.319 bits per heavy atom. The lowest BCUT2D eigenvalue weighted by Gasteiger charge is -2.19. The van der Waals surface area contributed by atoms with Gasteiger partial charge >= 0.3 is 24.4 Å². The Morgan fingerprint density at radius 2 is 0.597 bits per heavy atom. The van der Waals surface area contributed by atoms with Gasteiger partial charge in [0.2, 0.25) is 11.8 Å². The molecule has 0 saturated heterocycles. The van der Waals surface area contributed by atoms with E-state index in [4.69, 9.17) is 18.9 Å². The molecule has 0 aliphatic heterocycles. The molecule has 6 amide bonds. The molecule has 8 N–H and O–H groups in total. The first-order valence-corrected chi connectivity index (χ1v) is 25.1. The van der Waals surface area contributed by atoms with E-state index in [-0.39, 0.29) is 38.2 Å². The lowest BCUT2D eigenvalue weighted by Crippen LogP contribution is -2.47. The highest BCUT2D eigenvalue weighted by atomic mass is 16.6. The maximum Gasteiger partial charge on any atom is 0.408 e. The van der Waals surface area contributed by atoms with E-state index in [1.165, 1.54) is 0 Å². The minimum atomic E-state index is -0.805. The van der Waals surface area contributed by atoms with Crippen LogP contribution in [-0.4, -0.2) is 101 Å². The zero-order valence-electron chi connectivity index (χ0n) is 41.3. The highest BCUT2D eigenvalue weighted by Gasteiger charge is 2.22. The number of amides is 6. The predicted molar refractivity (Wildman–Crippen MR) is 274 cm³/mol. The van der Waals surface area contributed by atoms with E-state index in [0.717, 1.165) is 48.2 Å². The molecule has 18 nitrogen and oxygen atoms in total. The van der Waals surface area contributed by atoms with Crippen molar-refractivity contribution in [2.24, 2.45) is 0 Å². The molecule has 0 heterocycles. The lowest BCUT2D eigenvalue weighted by atomic mass is 10.1. The molecule has 0 aromatic heterocycles. The maximum absolute atomic E-state index is 13.2. The van der Waals surface area contributed by atoms with Gasteiger partial charge in [-0.3, -0.25) is 9.59 Å². The number of hydrogen-bond acceptors (Lipinski definition) is 12. The summed E-state index contributed by atoms with van der Waals surface area (Å²) in [6.07, 6.45) is 3.90. The summed E-state index contributed by atoms with van der Waals surface area (Å²) in [5.74, 6) is -0.604. The fraction of sp³-hybridized carbons (Fsp3) is 0.444. The molecule has 4 aromatic rings. The second-order valence-corrected chi connectivity index (χ2v) is 17.0. The van der Waals surface area contributed by atoms with Crippen LogP contribution in [0, 0.1) is 0 Å². The molecule has 4 aromatic carbocycles. The second kappa shape index (κ2) is 36.7. The number of hydrogen-bond donors (Lipinski definition) is 8. The summed E-state index contributed by atoms with van der Waals surface area (Å²) in [6, 6.07) is 35.8. The molecule has 0 fully saturated rings. The van der Waals surface area contributed by atoms with E-state index >= 15 is 0 Å². The van der Waals surface area contributed by atoms with Crippen molar-refractivity contribution in [3.63, 3.8) is 0 Å².